The Kier molecular flexibility index (Phi) is 3.43. The van der Waals surface area contributed by atoms with Gasteiger partial charge in [-0.05, 0) is 36.6 Å². The van der Waals surface area contributed by atoms with Crippen molar-refractivity contribution in [2.45, 2.75) is 19.9 Å². The van der Waals surface area contributed by atoms with Gasteiger partial charge in [0.15, 0.2) is 0 Å². The first-order chi connectivity index (χ1) is 8.06. The van der Waals surface area contributed by atoms with E-state index >= 15 is 0 Å². The minimum absolute atomic E-state index is 0.0737. The Bertz CT molecular complexity index is 433. The molecule has 1 aromatic carbocycles. The monoisotopic (exact) mass is 237 g/mol. The molecule has 0 spiro atoms. The number of hydrogen-bond donors (Lipinski definition) is 1. The number of rotatable bonds is 3. The number of carboxylic acid groups (broad SMARTS) is 1. The molecule has 17 heavy (non-hydrogen) atoms. The molecule has 0 radical (unpaired) electrons. The predicted octanol–water partition coefficient (Wildman–Crippen LogP) is 2.37. The van der Waals surface area contributed by atoms with Crippen molar-refractivity contribution in [3.8, 4) is 0 Å². The van der Waals surface area contributed by atoms with E-state index in [-0.39, 0.29) is 5.56 Å². The molecular formula is C13H16FNO2. The van der Waals surface area contributed by atoms with Crippen LogP contribution in [0.5, 0.6) is 0 Å². The van der Waals surface area contributed by atoms with Crippen molar-refractivity contribution in [3.63, 3.8) is 0 Å². The van der Waals surface area contributed by atoms with Crippen molar-refractivity contribution in [1.82, 2.24) is 4.90 Å². The van der Waals surface area contributed by atoms with Gasteiger partial charge in [0.25, 0.3) is 0 Å². The van der Waals surface area contributed by atoms with Crippen LogP contribution >= 0.6 is 0 Å². The molecule has 0 bridgehead atoms. The summed E-state index contributed by atoms with van der Waals surface area (Å²) in [5.74, 6) is -0.906. The van der Waals surface area contributed by atoms with Crippen molar-refractivity contribution in [1.29, 1.82) is 0 Å². The lowest BCUT2D eigenvalue weighted by atomic mass is 10.1. The SMILES string of the molecule is CC1CCN(Cc2ccc(F)cc2C(=O)O)C1. The van der Waals surface area contributed by atoms with Gasteiger partial charge in [0.2, 0.25) is 0 Å². The zero-order chi connectivity index (χ0) is 12.4. The summed E-state index contributed by atoms with van der Waals surface area (Å²) in [5.41, 5.74) is 0.762. The van der Waals surface area contributed by atoms with Crippen LogP contribution in [0.15, 0.2) is 18.2 Å². The van der Waals surface area contributed by atoms with E-state index in [9.17, 15) is 9.18 Å². The normalized spacial score (nSPS) is 20.7. The number of nitrogens with zero attached hydrogens (tertiary/aromatic N) is 1. The second-order valence-corrected chi connectivity index (χ2v) is 4.74. The Morgan fingerprint density at radius 3 is 2.94 bits per heavy atom. The van der Waals surface area contributed by atoms with E-state index in [4.69, 9.17) is 5.11 Å². The van der Waals surface area contributed by atoms with Crippen LogP contribution < -0.4 is 0 Å². The molecule has 1 heterocycles. The average molecular weight is 237 g/mol. The van der Waals surface area contributed by atoms with Crippen LogP contribution in [0.4, 0.5) is 4.39 Å². The molecule has 0 aliphatic carbocycles. The lowest BCUT2D eigenvalue weighted by Gasteiger charge is -2.16. The third kappa shape index (κ3) is 2.82. The van der Waals surface area contributed by atoms with Crippen LogP contribution in [-0.4, -0.2) is 29.1 Å². The minimum Gasteiger partial charge on any atom is -0.478 e. The Hall–Kier alpha value is -1.42. The maximum absolute atomic E-state index is 13.0. The highest BCUT2D eigenvalue weighted by Gasteiger charge is 2.20. The van der Waals surface area contributed by atoms with Crippen molar-refractivity contribution in [2.75, 3.05) is 13.1 Å². The third-order valence-corrected chi connectivity index (χ3v) is 3.20. The number of aromatic carboxylic acids is 1. The topological polar surface area (TPSA) is 40.5 Å². The molecule has 3 nitrogen and oxygen atoms in total. The number of benzene rings is 1. The summed E-state index contributed by atoms with van der Waals surface area (Å²) < 4.78 is 13.0. The zero-order valence-corrected chi connectivity index (χ0v) is 9.82. The van der Waals surface area contributed by atoms with Crippen LogP contribution in [-0.2, 0) is 6.54 Å². The van der Waals surface area contributed by atoms with Gasteiger partial charge in [-0.1, -0.05) is 13.0 Å². The van der Waals surface area contributed by atoms with E-state index < -0.39 is 11.8 Å². The molecule has 1 N–H and O–H groups in total. The highest BCUT2D eigenvalue weighted by molar-refractivity contribution is 5.89. The molecule has 1 aliphatic heterocycles. The maximum Gasteiger partial charge on any atom is 0.336 e. The fourth-order valence-corrected chi connectivity index (χ4v) is 2.30. The summed E-state index contributed by atoms with van der Waals surface area (Å²) in [6.45, 7) is 4.74. The van der Waals surface area contributed by atoms with Gasteiger partial charge < -0.3 is 5.11 Å². The summed E-state index contributed by atoms with van der Waals surface area (Å²) in [6, 6.07) is 3.99. The van der Waals surface area contributed by atoms with Crippen molar-refractivity contribution in [2.24, 2.45) is 5.92 Å². The number of carboxylic acids is 1. The second-order valence-electron chi connectivity index (χ2n) is 4.74. The molecular weight excluding hydrogens is 221 g/mol. The van der Waals surface area contributed by atoms with Crippen molar-refractivity contribution in [3.05, 3.63) is 35.1 Å². The van der Waals surface area contributed by atoms with Gasteiger partial charge in [0.1, 0.15) is 5.82 Å². The van der Waals surface area contributed by atoms with Crippen LogP contribution in [0.2, 0.25) is 0 Å². The van der Waals surface area contributed by atoms with Crippen molar-refractivity contribution >= 4 is 5.97 Å². The molecule has 1 saturated heterocycles. The summed E-state index contributed by atoms with van der Waals surface area (Å²) >= 11 is 0. The smallest absolute Gasteiger partial charge is 0.336 e. The molecule has 1 aromatic rings. The average Bonchev–Trinajstić information content (AvgIpc) is 2.66. The van der Waals surface area contributed by atoms with E-state index in [0.717, 1.165) is 25.6 Å². The van der Waals surface area contributed by atoms with Gasteiger partial charge in [0, 0.05) is 13.1 Å². The number of carbonyl (C=O) groups is 1. The molecule has 4 heteroatoms. The summed E-state index contributed by atoms with van der Waals surface area (Å²) in [6.07, 6.45) is 1.14. The van der Waals surface area contributed by atoms with Gasteiger partial charge in [-0.3, -0.25) is 4.90 Å². The predicted molar refractivity (Wildman–Crippen MR) is 62.4 cm³/mol. The minimum atomic E-state index is -1.06. The van der Waals surface area contributed by atoms with E-state index in [1.54, 1.807) is 6.07 Å². The molecule has 1 unspecified atom stereocenters. The lowest BCUT2D eigenvalue weighted by Crippen LogP contribution is -2.21. The molecule has 2 rings (SSSR count). The lowest BCUT2D eigenvalue weighted by molar-refractivity contribution is 0.0694. The second kappa shape index (κ2) is 4.84. The molecule has 1 fully saturated rings. The molecule has 1 aliphatic rings. The maximum atomic E-state index is 13.0. The Morgan fingerprint density at radius 2 is 2.35 bits per heavy atom. The van der Waals surface area contributed by atoms with Gasteiger partial charge in [-0.25, -0.2) is 9.18 Å². The summed E-state index contributed by atoms with van der Waals surface area (Å²) in [4.78, 5) is 13.2. The standard InChI is InChI=1S/C13H16FNO2/c1-9-4-5-15(7-9)8-10-2-3-11(14)6-12(10)13(16)17/h2-3,6,9H,4-5,7-8H2,1H3,(H,16,17). The molecule has 92 valence electrons. The first kappa shape index (κ1) is 12.0. The first-order valence-electron chi connectivity index (χ1n) is 5.80. The van der Waals surface area contributed by atoms with Crippen LogP contribution in [0.25, 0.3) is 0 Å². The molecule has 0 aromatic heterocycles. The highest BCUT2D eigenvalue weighted by Crippen LogP contribution is 2.20. The van der Waals surface area contributed by atoms with Gasteiger partial charge in [-0.15, -0.1) is 0 Å². The quantitative estimate of drug-likeness (QED) is 0.877. The van der Waals surface area contributed by atoms with Crippen molar-refractivity contribution < 1.29 is 14.3 Å². The zero-order valence-electron chi connectivity index (χ0n) is 9.82. The Labute approximate surface area is 99.9 Å². The Balaban J connectivity index is 2.17. The van der Waals surface area contributed by atoms with E-state index in [1.807, 2.05) is 0 Å². The summed E-state index contributed by atoms with van der Waals surface area (Å²) in [7, 11) is 0. The highest BCUT2D eigenvalue weighted by atomic mass is 19.1. The number of halogens is 1. The molecule has 0 amide bonds. The largest absolute Gasteiger partial charge is 0.478 e. The van der Waals surface area contributed by atoms with Crippen LogP contribution in [0.3, 0.4) is 0 Å². The first-order valence-corrected chi connectivity index (χ1v) is 5.80. The fraction of sp³-hybridized carbons (Fsp3) is 0.462. The molecule has 1 atom stereocenters. The number of likely N-dealkylation sites (tertiary alicyclic amines) is 1. The van der Waals surface area contributed by atoms with Gasteiger partial charge >= 0.3 is 5.97 Å². The van der Waals surface area contributed by atoms with Crippen LogP contribution in [0, 0.1) is 11.7 Å². The van der Waals surface area contributed by atoms with Gasteiger partial charge in [-0.2, -0.15) is 0 Å². The van der Waals surface area contributed by atoms with E-state index in [2.05, 4.69) is 11.8 Å². The van der Waals surface area contributed by atoms with Crippen LogP contribution in [0.1, 0.15) is 29.3 Å². The van der Waals surface area contributed by atoms with E-state index in [0.29, 0.717) is 18.0 Å². The van der Waals surface area contributed by atoms with Gasteiger partial charge in [0.05, 0.1) is 5.56 Å². The van der Waals surface area contributed by atoms with E-state index in [1.165, 1.54) is 6.07 Å². The molecule has 0 saturated carbocycles. The number of hydrogen-bond acceptors (Lipinski definition) is 2. The third-order valence-electron chi connectivity index (χ3n) is 3.20. The summed E-state index contributed by atoms with van der Waals surface area (Å²) in [5, 5.41) is 9.03. The Morgan fingerprint density at radius 1 is 1.59 bits per heavy atom. The fourth-order valence-electron chi connectivity index (χ4n) is 2.30.